The number of sulfone groups is 1. The van der Waals surface area contributed by atoms with Gasteiger partial charge in [0, 0.05) is 31.4 Å². The molecule has 0 unspecified atom stereocenters. The highest BCUT2D eigenvalue weighted by Crippen LogP contribution is 2.40. The number of fused-ring (bicyclic) bond motifs is 3. The number of carbonyl (C=O) groups excluding carboxylic acids is 1. The number of ether oxygens (including phenoxy) is 2. The lowest BCUT2D eigenvalue weighted by molar-refractivity contribution is -0.132. The van der Waals surface area contributed by atoms with E-state index in [0.29, 0.717) is 35.6 Å². The fraction of sp³-hybridized carbons (Fsp3) is 0.391. The third-order valence-corrected chi connectivity index (χ3v) is 6.77. The van der Waals surface area contributed by atoms with Gasteiger partial charge in [0.05, 0.1) is 11.0 Å². The van der Waals surface area contributed by atoms with Crippen LogP contribution in [0.4, 0.5) is 4.39 Å². The zero-order valence-electron chi connectivity index (χ0n) is 18.1. The molecular weight excluding hydrogens is 449 g/mol. The average molecular weight is 474 g/mol. The van der Waals surface area contributed by atoms with E-state index in [1.807, 2.05) is 6.07 Å². The van der Waals surface area contributed by atoms with Crippen LogP contribution >= 0.6 is 0 Å². The van der Waals surface area contributed by atoms with E-state index >= 15 is 0 Å². The van der Waals surface area contributed by atoms with Crippen LogP contribution < -0.4 is 15.4 Å². The van der Waals surface area contributed by atoms with Gasteiger partial charge in [0.2, 0.25) is 0 Å². The molecule has 10 heteroatoms. The van der Waals surface area contributed by atoms with Crippen molar-refractivity contribution in [3.8, 4) is 22.9 Å². The van der Waals surface area contributed by atoms with Gasteiger partial charge >= 0.3 is 0 Å². The molecule has 0 radical (unpaired) electrons. The smallest absolute Gasteiger partial charge is 0.251 e. The Kier molecular flexibility index (Phi) is 6.65. The summed E-state index contributed by atoms with van der Waals surface area (Å²) in [4.78, 5) is 12.6. The Balaban J connectivity index is 1.53. The molecule has 2 heterocycles. The maximum atomic E-state index is 15.0. The first-order valence-corrected chi connectivity index (χ1v) is 12.5. The summed E-state index contributed by atoms with van der Waals surface area (Å²) in [5.41, 5.74) is 2.08. The number of amides is 1. The Labute approximate surface area is 191 Å². The zero-order chi connectivity index (χ0) is 23.6. The summed E-state index contributed by atoms with van der Waals surface area (Å²) in [6.45, 7) is 1.70. The molecule has 174 valence electrons. The van der Waals surface area contributed by atoms with Gasteiger partial charge in [-0.3, -0.25) is 4.79 Å². The van der Waals surface area contributed by atoms with Crippen molar-refractivity contribution in [1.29, 1.82) is 5.26 Å². The van der Waals surface area contributed by atoms with Crippen molar-refractivity contribution in [3.05, 3.63) is 47.3 Å². The summed E-state index contributed by atoms with van der Waals surface area (Å²) in [5, 5.41) is 15.2. The molecule has 4 rings (SSSR count). The predicted molar refractivity (Wildman–Crippen MR) is 118 cm³/mol. The van der Waals surface area contributed by atoms with Crippen LogP contribution in [-0.2, 0) is 32.4 Å². The summed E-state index contributed by atoms with van der Waals surface area (Å²) in [5.74, 6) is -0.522. The van der Waals surface area contributed by atoms with Crippen molar-refractivity contribution in [2.24, 2.45) is 0 Å². The fourth-order valence-electron chi connectivity index (χ4n) is 3.92. The molecule has 2 aliphatic heterocycles. The summed E-state index contributed by atoms with van der Waals surface area (Å²) in [7, 11) is -3.37. The van der Waals surface area contributed by atoms with E-state index in [4.69, 9.17) is 9.47 Å². The maximum Gasteiger partial charge on any atom is 0.251 e. The van der Waals surface area contributed by atoms with Gasteiger partial charge in [0.15, 0.2) is 9.84 Å². The minimum atomic E-state index is -3.37. The van der Waals surface area contributed by atoms with Crippen molar-refractivity contribution in [3.63, 3.8) is 0 Å². The van der Waals surface area contributed by atoms with E-state index in [-0.39, 0.29) is 23.5 Å². The summed E-state index contributed by atoms with van der Waals surface area (Å²) < 4.78 is 49.9. The van der Waals surface area contributed by atoms with Crippen molar-refractivity contribution >= 4 is 15.7 Å². The fourth-order valence-corrected chi connectivity index (χ4v) is 4.59. The molecule has 0 bridgehead atoms. The molecule has 0 aliphatic carbocycles. The SMILES string of the molecule is CS(=O)(=O)c1ccc2c(c1)COc1cc(C[C@H](C#N)NC(=O)[C@@H]3CNCCCO3)c(F)cc1-2. The summed E-state index contributed by atoms with van der Waals surface area (Å²) in [6.07, 6.45) is 1.18. The van der Waals surface area contributed by atoms with Gasteiger partial charge in [-0.15, -0.1) is 0 Å². The number of hydrogen-bond acceptors (Lipinski definition) is 7. The molecule has 2 aromatic rings. The molecule has 2 aliphatic rings. The molecule has 1 saturated heterocycles. The molecule has 1 amide bonds. The molecule has 33 heavy (non-hydrogen) atoms. The summed E-state index contributed by atoms with van der Waals surface area (Å²) >= 11 is 0. The van der Waals surface area contributed by atoms with Gasteiger partial charge in [0.1, 0.15) is 30.3 Å². The van der Waals surface area contributed by atoms with Gasteiger partial charge in [0.25, 0.3) is 5.91 Å². The zero-order valence-corrected chi connectivity index (χ0v) is 18.9. The van der Waals surface area contributed by atoms with E-state index < -0.39 is 33.7 Å². The quantitative estimate of drug-likeness (QED) is 0.679. The highest BCUT2D eigenvalue weighted by molar-refractivity contribution is 7.90. The first-order chi connectivity index (χ1) is 15.8. The van der Waals surface area contributed by atoms with Crippen molar-refractivity contribution in [1.82, 2.24) is 10.6 Å². The Morgan fingerprint density at radius 3 is 2.91 bits per heavy atom. The molecule has 0 spiro atoms. The Bertz CT molecular complexity index is 1220. The monoisotopic (exact) mass is 473 g/mol. The van der Waals surface area contributed by atoms with Crippen LogP contribution in [0.5, 0.6) is 5.75 Å². The lowest BCUT2D eigenvalue weighted by Crippen LogP contribution is -2.46. The van der Waals surface area contributed by atoms with Crippen LogP contribution in [0.1, 0.15) is 17.5 Å². The van der Waals surface area contributed by atoms with Crippen LogP contribution in [0.2, 0.25) is 0 Å². The second-order valence-electron chi connectivity index (χ2n) is 8.13. The first-order valence-electron chi connectivity index (χ1n) is 10.6. The number of carbonyl (C=O) groups is 1. The second kappa shape index (κ2) is 9.47. The van der Waals surface area contributed by atoms with Crippen molar-refractivity contribution in [2.75, 3.05) is 26.0 Å². The largest absolute Gasteiger partial charge is 0.488 e. The van der Waals surface area contributed by atoms with Gasteiger partial charge in [-0.25, -0.2) is 12.8 Å². The van der Waals surface area contributed by atoms with Gasteiger partial charge in [-0.1, -0.05) is 6.07 Å². The van der Waals surface area contributed by atoms with E-state index in [1.54, 1.807) is 6.07 Å². The molecule has 2 atom stereocenters. The first kappa shape index (κ1) is 23.2. The number of nitrogens with zero attached hydrogens (tertiary/aromatic N) is 1. The van der Waals surface area contributed by atoms with Crippen LogP contribution in [0.3, 0.4) is 0 Å². The molecule has 1 fully saturated rings. The third-order valence-electron chi connectivity index (χ3n) is 5.66. The third kappa shape index (κ3) is 5.16. The van der Waals surface area contributed by atoms with Gasteiger partial charge in [-0.05, 0) is 53.9 Å². The van der Waals surface area contributed by atoms with E-state index in [0.717, 1.165) is 19.2 Å². The highest BCUT2D eigenvalue weighted by Gasteiger charge is 2.26. The number of nitrogens with one attached hydrogen (secondary N) is 2. The summed E-state index contributed by atoms with van der Waals surface area (Å²) in [6, 6.07) is 8.57. The molecule has 2 N–H and O–H groups in total. The van der Waals surface area contributed by atoms with Crippen molar-refractivity contribution in [2.45, 2.75) is 36.5 Å². The van der Waals surface area contributed by atoms with Crippen LogP contribution in [0.15, 0.2) is 35.2 Å². The van der Waals surface area contributed by atoms with E-state index in [2.05, 4.69) is 10.6 Å². The van der Waals surface area contributed by atoms with Gasteiger partial charge in [-0.2, -0.15) is 5.26 Å². The molecule has 8 nitrogen and oxygen atoms in total. The van der Waals surface area contributed by atoms with E-state index in [1.165, 1.54) is 24.3 Å². The molecule has 0 aromatic heterocycles. The number of hydrogen-bond donors (Lipinski definition) is 2. The molecule has 0 saturated carbocycles. The molecular formula is C23H24FN3O5S. The van der Waals surface area contributed by atoms with Crippen molar-refractivity contribution < 1.29 is 27.1 Å². The Morgan fingerprint density at radius 2 is 2.15 bits per heavy atom. The van der Waals surface area contributed by atoms with E-state index in [9.17, 15) is 22.9 Å². The lowest BCUT2D eigenvalue weighted by Gasteiger charge is -2.23. The second-order valence-corrected chi connectivity index (χ2v) is 10.1. The van der Waals surface area contributed by atoms with Crippen LogP contribution in [-0.4, -0.2) is 52.4 Å². The van der Waals surface area contributed by atoms with Crippen LogP contribution in [0.25, 0.3) is 11.1 Å². The molecule has 2 aromatic carbocycles. The van der Waals surface area contributed by atoms with Gasteiger partial charge < -0.3 is 20.1 Å². The lowest BCUT2D eigenvalue weighted by atomic mass is 9.94. The number of nitriles is 1. The number of halogens is 1. The number of benzene rings is 2. The topological polar surface area (TPSA) is 118 Å². The number of rotatable bonds is 5. The standard InChI is InChI=1S/C23H24FN3O5S/c1-33(29,30)17-3-4-18-15(8-17)13-32-21-9-14(20(24)10-19(18)21)7-16(11-25)27-23(28)22-12-26-5-2-6-31-22/h3-4,8-10,16,22,26H,2,5-7,12-13H2,1H3,(H,27,28)/t16-,22+/m1/s1. The average Bonchev–Trinajstić information content (AvgIpc) is 3.08. The minimum Gasteiger partial charge on any atom is -0.488 e. The predicted octanol–water partition coefficient (Wildman–Crippen LogP) is 1.72. The minimum absolute atomic E-state index is 0.0370. The Hall–Kier alpha value is -3.00. The van der Waals surface area contributed by atoms with Crippen LogP contribution in [0, 0.1) is 17.1 Å². The normalized spacial score (nSPS) is 18.6. The maximum absolute atomic E-state index is 15.0. The Morgan fingerprint density at radius 1 is 1.33 bits per heavy atom. The highest BCUT2D eigenvalue weighted by atomic mass is 32.2.